The summed E-state index contributed by atoms with van der Waals surface area (Å²) in [6.07, 6.45) is -0.250. The van der Waals surface area contributed by atoms with E-state index in [1.54, 1.807) is 0 Å². The molecule has 0 saturated heterocycles. The molecule has 0 heterocycles. The van der Waals surface area contributed by atoms with Crippen molar-refractivity contribution in [3.05, 3.63) is 31.7 Å². The Hall–Kier alpha value is -0.480. The van der Waals surface area contributed by atoms with Crippen molar-refractivity contribution in [3.8, 4) is 0 Å². The van der Waals surface area contributed by atoms with Gasteiger partial charge in [0, 0.05) is 6.42 Å². The molecule has 0 aliphatic carbocycles. The van der Waals surface area contributed by atoms with Crippen LogP contribution in [0.1, 0.15) is 30.6 Å². The highest BCUT2D eigenvalue weighted by Crippen LogP contribution is 2.39. The van der Waals surface area contributed by atoms with Crippen LogP contribution in [0.25, 0.3) is 0 Å². The minimum Gasteiger partial charge on any atom is -0.481 e. The average molecular weight is 344 g/mol. The molecule has 0 aromatic heterocycles. The first kappa shape index (κ1) is 16.6. The van der Waals surface area contributed by atoms with E-state index >= 15 is 0 Å². The first-order valence-corrected chi connectivity index (χ1v) is 6.68. The lowest BCUT2D eigenvalue weighted by atomic mass is 9.85. The average Bonchev–Trinajstić information content (AvgIpc) is 2.25. The molecule has 1 rings (SSSR count). The number of aliphatic carboxylic acids is 1. The lowest BCUT2D eigenvalue weighted by molar-refractivity contribution is -0.146. The van der Waals surface area contributed by atoms with E-state index < -0.39 is 17.2 Å². The number of benzene rings is 1. The van der Waals surface area contributed by atoms with Gasteiger partial charge in [-0.1, -0.05) is 46.4 Å². The van der Waals surface area contributed by atoms with Crippen LogP contribution in [0.5, 0.6) is 0 Å². The van der Waals surface area contributed by atoms with Crippen molar-refractivity contribution in [2.45, 2.75) is 20.3 Å². The topological polar surface area (TPSA) is 54.4 Å². The van der Waals surface area contributed by atoms with E-state index in [0.717, 1.165) is 0 Å². The Morgan fingerprint density at radius 2 is 1.63 bits per heavy atom. The summed E-state index contributed by atoms with van der Waals surface area (Å²) in [5.74, 6) is -1.59. The summed E-state index contributed by atoms with van der Waals surface area (Å²) in [6, 6.07) is 1.30. The number of carbonyl (C=O) groups is 2. The third-order valence-corrected chi connectivity index (χ3v) is 4.13. The quantitative estimate of drug-likeness (QED) is 0.476. The Balaban J connectivity index is 3.22. The molecular formula is C12H10Cl4O3. The van der Waals surface area contributed by atoms with E-state index in [9.17, 15) is 9.59 Å². The zero-order valence-corrected chi connectivity index (χ0v) is 13.1. The highest BCUT2D eigenvalue weighted by Gasteiger charge is 2.32. The zero-order chi connectivity index (χ0) is 15.0. The first-order chi connectivity index (χ1) is 8.58. The minimum atomic E-state index is -1.23. The molecule has 7 heteroatoms. The van der Waals surface area contributed by atoms with Crippen molar-refractivity contribution >= 4 is 58.2 Å². The maximum Gasteiger partial charge on any atom is 0.309 e. The van der Waals surface area contributed by atoms with Gasteiger partial charge in [0.2, 0.25) is 0 Å². The molecule has 0 aliphatic heterocycles. The van der Waals surface area contributed by atoms with Gasteiger partial charge in [-0.25, -0.2) is 0 Å². The summed E-state index contributed by atoms with van der Waals surface area (Å²) in [6.45, 7) is 2.87. The van der Waals surface area contributed by atoms with Crippen LogP contribution >= 0.6 is 46.4 Å². The molecule has 0 atom stereocenters. The molecular weight excluding hydrogens is 334 g/mol. The van der Waals surface area contributed by atoms with Crippen LogP contribution in [0.3, 0.4) is 0 Å². The van der Waals surface area contributed by atoms with Crippen LogP contribution in [0, 0.1) is 5.41 Å². The van der Waals surface area contributed by atoms with E-state index in [4.69, 9.17) is 51.5 Å². The van der Waals surface area contributed by atoms with Crippen molar-refractivity contribution in [1.29, 1.82) is 0 Å². The maximum atomic E-state index is 12.1. The lowest BCUT2D eigenvalue weighted by Gasteiger charge is -2.19. The van der Waals surface area contributed by atoms with Gasteiger partial charge < -0.3 is 5.11 Å². The Morgan fingerprint density at radius 3 is 2.11 bits per heavy atom. The molecule has 0 bridgehead atoms. The minimum absolute atomic E-state index is 0.00735. The second kappa shape index (κ2) is 5.88. The van der Waals surface area contributed by atoms with Gasteiger partial charge in [-0.2, -0.15) is 0 Å². The lowest BCUT2D eigenvalue weighted by Crippen LogP contribution is -2.27. The Bertz CT molecular complexity index is 552. The Kier molecular flexibility index (Phi) is 5.13. The van der Waals surface area contributed by atoms with Crippen molar-refractivity contribution in [3.63, 3.8) is 0 Å². The third-order valence-electron chi connectivity index (χ3n) is 2.57. The molecule has 0 amide bonds. The summed E-state index contributed by atoms with van der Waals surface area (Å²) in [5, 5.41) is 9.14. The number of carbonyl (C=O) groups excluding carboxylic acids is 1. The monoisotopic (exact) mass is 342 g/mol. The second-order valence-electron chi connectivity index (χ2n) is 4.63. The summed E-state index contributed by atoms with van der Waals surface area (Å²) < 4.78 is 0. The highest BCUT2D eigenvalue weighted by atomic mass is 35.5. The number of hydrogen-bond acceptors (Lipinski definition) is 2. The Labute approximate surface area is 130 Å². The van der Waals surface area contributed by atoms with E-state index in [1.165, 1.54) is 19.9 Å². The number of ketones is 1. The number of Topliss-reactive ketones (excluding diaryl/α,β-unsaturated/α-hetero) is 1. The molecule has 0 unspecified atom stereocenters. The predicted octanol–water partition coefficient (Wildman–Crippen LogP) is 4.98. The molecule has 0 fully saturated rings. The number of carboxylic acids is 1. The van der Waals surface area contributed by atoms with Gasteiger partial charge in [0.05, 0.1) is 31.1 Å². The molecule has 104 valence electrons. The van der Waals surface area contributed by atoms with Crippen molar-refractivity contribution in [2.75, 3.05) is 0 Å². The van der Waals surface area contributed by atoms with Crippen molar-refractivity contribution in [2.24, 2.45) is 5.41 Å². The maximum absolute atomic E-state index is 12.1. The van der Waals surface area contributed by atoms with E-state index in [0.29, 0.717) is 0 Å². The molecule has 19 heavy (non-hydrogen) atoms. The van der Waals surface area contributed by atoms with E-state index in [-0.39, 0.29) is 32.1 Å². The van der Waals surface area contributed by atoms with Crippen molar-refractivity contribution in [1.82, 2.24) is 0 Å². The highest BCUT2D eigenvalue weighted by molar-refractivity contribution is 6.51. The van der Waals surface area contributed by atoms with Crippen LogP contribution < -0.4 is 0 Å². The molecule has 0 radical (unpaired) electrons. The first-order valence-electron chi connectivity index (χ1n) is 5.17. The standard InChI is InChI=1S/C12H10Cl4O3/c1-12(2,11(18)19)4-7(17)8-5(13)3-6(14)9(15)10(8)16/h3H,4H2,1-2H3,(H,18,19). The van der Waals surface area contributed by atoms with Gasteiger partial charge in [-0.15, -0.1) is 0 Å². The summed E-state index contributed by atoms with van der Waals surface area (Å²) in [5.41, 5.74) is -1.23. The summed E-state index contributed by atoms with van der Waals surface area (Å²) >= 11 is 23.5. The van der Waals surface area contributed by atoms with Gasteiger partial charge in [-0.05, 0) is 19.9 Å². The van der Waals surface area contributed by atoms with Crippen LogP contribution in [0.4, 0.5) is 0 Å². The molecule has 3 nitrogen and oxygen atoms in total. The second-order valence-corrected chi connectivity index (χ2v) is 6.20. The third kappa shape index (κ3) is 3.54. The van der Waals surface area contributed by atoms with Crippen LogP contribution in [-0.4, -0.2) is 16.9 Å². The van der Waals surface area contributed by atoms with Gasteiger partial charge in [-0.3, -0.25) is 9.59 Å². The fraction of sp³-hybridized carbons (Fsp3) is 0.333. The zero-order valence-electron chi connectivity index (χ0n) is 10.1. The molecule has 1 aromatic rings. The molecule has 1 N–H and O–H groups in total. The molecule has 0 aliphatic rings. The van der Waals surface area contributed by atoms with Crippen molar-refractivity contribution < 1.29 is 14.7 Å². The van der Waals surface area contributed by atoms with Crippen LogP contribution in [0.2, 0.25) is 20.1 Å². The van der Waals surface area contributed by atoms with Gasteiger partial charge in [0.1, 0.15) is 0 Å². The van der Waals surface area contributed by atoms with Gasteiger partial charge in [0.15, 0.2) is 5.78 Å². The fourth-order valence-corrected chi connectivity index (χ4v) is 2.51. The number of halogens is 4. The van der Waals surface area contributed by atoms with E-state index in [1.807, 2.05) is 0 Å². The van der Waals surface area contributed by atoms with Gasteiger partial charge >= 0.3 is 5.97 Å². The van der Waals surface area contributed by atoms with Crippen LogP contribution in [-0.2, 0) is 4.79 Å². The van der Waals surface area contributed by atoms with E-state index in [2.05, 4.69) is 0 Å². The SMILES string of the molecule is CC(C)(CC(=O)c1c(Cl)cc(Cl)c(Cl)c1Cl)C(=O)O. The molecule has 0 saturated carbocycles. The van der Waals surface area contributed by atoms with Gasteiger partial charge in [0.25, 0.3) is 0 Å². The Morgan fingerprint density at radius 1 is 1.11 bits per heavy atom. The number of carboxylic acid groups (broad SMARTS) is 1. The number of hydrogen-bond donors (Lipinski definition) is 1. The summed E-state index contributed by atoms with van der Waals surface area (Å²) in [4.78, 5) is 23.1. The predicted molar refractivity (Wildman–Crippen MR) is 76.8 cm³/mol. The fourth-order valence-electron chi connectivity index (χ4n) is 1.39. The normalized spacial score (nSPS) is 11.5. The summed E-state index contributed by atoms with van der Waals surface area (Å²) in [7, 11) is 0. The number of rotatable bonds is 4. The smallest absolute Gasteiger partial charge is 0.309 e. The largest absolute Gasteiger partial charge is 0.481 e. The molecule has 0 spiro atoms. The molecule has 1 aromatic carbocycles. The van der Waals surface area contributed by atoms with Crippen LogP contribution in [0.15, 0.2) is 6.07 Å².